The minimum absolute atomic E-state index is 0.0949. The van der Waals surface area contributed by atoms with Crippen LogP contribution in [0.2, 0.25) is 0 Å². The van der Waals surface area contributed by atoms with E-state index in [2.05, 4.69) is 48.9 Å². The van der Waals surface area contributed by atoms with Crippen LogP contribution in [-0.2, 0) is 24.2 Å². The van der Waals surface area contributed by atoms with Gasteiger partial charge >= 0.3 is 0 Å². The van der Waals surface area contributed by atoms with E-state index in [9.17, 15) is 4.79 Å². The molecule has 0 radical (unpaired) electrons. The molecule has 188 valence electrons. The molecule has 6 rings (SSSR count). The molecule has 2 fully saturated rings. The Bertz CT molecular complexity index is 1170. The predicted molar refractivity (Wildman–Crippen MR) is 146 cm³/mol. The van der Waals surface area contributed by atoms with Crippen molar-refractivity contribution in [1.82, 2.24) is 9.55 Å². The summed E-state index contributed by atoms with van der Waals surface area (Å²) in [6.07, 6.45) is 11.2. The Morgan fingerprint density at radius 3 is 2.42 bits per heavy atom. The molecule has 0 unspecified atom stereocenters. The number of carbonyl (C=O) groups excluding carboxylic acids is 1. The average molecular weight is 484 g/mol. The van der Waals surface area contributed by atoms with Crippen molar-refractivity contribution >= 4 is 23.1 Å². The first-order valence-corrected chi connectivity index (χ1v) is 13.8. The highest BCUT2D eigenvalue weighted by atomic mass is 16.1. The summed E-state index contributed by atoms with van der Waals surface area (Å²) in [5, 5.41) is 3.18. The second kappa shape index (κ2) is 10.4. The molecular weight excluding hydrogens is 446 g/mol. The number of hydrogen-bond donors (Lipinski definition) is 1. The van der Waals surface area contributed by atoms with Gasteiger partial charge in [-0.2, -0.15) is 0 Å². The fourth-order valence-corrected chi connectivity index (χ4v) is 6.37. The summed E-state index contributed by atoms with van der Waals surface area (Å²) >= 11 is 0. The number of aryl methyl sites for hydroxylation is 1. The molecule has 36 heavy (non-hydrogen) atoms. The van der Waals surface area contributed by atoms with Gasteiger partial charge in [0.2, 0.25) is 5.91 Å². The third kappa shape index (κ3) is 4.86. The van der Waals surface area contributed by atoms with Crippen LogP contribution in [0.4, 0.5) is 17.2 Å². The quantitative estimate of drug-likeness (QED) is 0.511. The van der Waals surface area contributed by atoms with Gasteiger partial charge in [0.05, 0.1) is 6.42 Å². The standard InChI is InChI=1S/C30H37N5O/c36-30(22-28-27(23-7-1-2-8-23)21-26-9-4-6-16-35(26)28)32-24-11-13-25(14-12-24)33-17-19-34(20-18-33)29-10-3-5-15-31-29/h3,5,10-15,21,23H,1-2,4,6-9,16-20,22H2,(H,32,36). The third-order valence-electron chi connectivity index (χ3n) is 8.28. The highest BCUT2D eigenvalue weighted by Crippen LogP contribution is 2.38. The second-order valence-electron chi connectivity index (χ2n) is 10.6. The van der Waals surface area contributed by atoms with Crippen LogP contribution in [0.1, 0.15) is 61.4 Å². The number of anilines is 3. The maximum Gasteiger partial charge on any atom is 0.230 e. The summed E-state index contributed by atoms with van der Waals surface area (Å²) in [4.78, 5) is 22.4. The summed E-state index contributed by atoms with van der Waals surface area (Å²) < 4.78 is 2.46. The molecule has 3 aromatic rings. The largest absolute Gasteiger partial charge is 0.368 e. The zero-order valence-electron chi connectivity index (χ0n) is 21.2. The van der Waals surface area contributed by atoms with E-state index >= 15 is 0 Å². The molecule has 6 nitrogen and oxygen atoms in total. The number of rotatable bonds is 6. The lowest BCUT2D eigenvalue weighted by Crippen LogP contribution is -2.46. The molecule has 2 aliphatic heterocycles. The Kier molecular flexibility index (Phi) is 6.67. The van der Waals surface area contributed by atoms with Crippen LogP contribution in [0.15, 0.2) is 54.7 Å². The number of carbonyl (C=O) groups is 1. The molecule has 0 atom stereocenters. The van der Waals surface area contributed by atoms with E-state index in [1.54, 1.807) is 0 Å². The molecule has 3 aliphatic rings. The molecule has 1 saturated carbocycles. The van der Waals surface area contributed by atoms with Gasteiger partial charge in [-0.3, -0.25) is 4.79 Å². The lowest BCUT2D eigenvalue weighted by molar-refractivity contribution is -0.115. The number of aromatic nitrogens is 2. The molecule has 0 spiro atoms. The van der Waals surface area contributed by atoms with Crippen LogP contribution >= 0.6 is 0 Å². The molecule has 4 heterocycles. The third-order valence-corrected chi connectivity index (χ3v) is 8.28. The summed E-state index contributed by atoms with van der Waals surface area (Å²) in [5.74, 6) is 1.79. The zero-order valence-corrected chi connectivity index (χ0v) is 21.2. The van der Waals surface area contributed by atoms with Gasteiger partial charge in [-0.1, -0.05) is 18.9 Å². The number of piperazine rings is 1. The van der Waals surface area contributed by atoms with E-state index in [1.807, 2.05) is 30.5 Å². The van der Waals surface area contributed by atoms with Crippen LogP contribution < -0.4 is 15.1 Å². The van der Waals surface area contributed by atoms with Crippen LogP contribution in [0, 0.1) is 0 Å². The number of fused-ring (bicyclic) bond motifs is 1. The van der Waals surface area contributed by atoms with Crippen molar-refractivity contribution in [2.75, 3.05) is 41.3 Å². The van der Waals surface area contributed by atoms with Crippen molar-refractivity contribution in [3.05, 3.63) is 71.7 Å². The Hall–Kier alpha value is -3.28. The Balaban J connectivity index is 1.08. The molecule has 1 saturated heterocycles. The number of amides is 1. The van der Waals surface area contributed by atoms with Crippen molar-refractivity contribution < 1.29 is 4.79 Å². The smallest absolute Gasteiger partial charge is 0.230 e. The molecule has 1 N–H and O–H groups in total. The van der Waals surface area contributed by atoms with E-state index in [1.165, 1.54) is 61.2 Å². The molecule has 1 aromatic carbocycles. The number of pyridine rings is 1. The minimum atomic E-state index is 0.0949. The lowest BCUT2D eigenvalue weighted by atomic mass is 9.96. The van der Waals surface area contributed by atoms with Gasteiger partial charge in [-0.15, -0.1) is 0 Å². The van der Waals surface area contributed by atoms with Gasteiger partial charge in [0, 0.05) is 61.7 Å². The van der Waals surface area contributed by atoms with Gasteiger partial charge in [-0.25, -0.2) is 4.98 Å². The maximum atomic E-state index is 13.1. The SMILES string of the molecule is O=C(Cc1c(C2CCCC2)cc2n1CCCC2)Nc1ccc(N2CCN(c3ccccn3)CC2)cc1. The monoisotopic (exact) mass is 483 g/mol. The van der Waals surface area contributed by atoms with E-state index < -0.39 is 0 Å². The van der Waals surface area contributed by atoms with Crippen molar-refractivity contribution in [3.8, 4) is 0 Å². The van der Waals surface area contributed by atoms with Crippen molar-refractivity contribution in [1.29, 1.82) is 0 Å². The number of hydrogen-bond acceptors (Lipinski definition) is 4. The van der Waals surface area contributed by atoms with Crippen LogP contribution in [0.25, 0.3) is 0 Å². The minimum Gasteiger partial charge on any atom is -0.368 e. The first-order valence-electron chi connectivity index (χ1n) is 13.8. The van der Waals surface area contributed by atoms with Gasteiger partial charge < -0.3 is 19.7 Å². The molecule has 6 heteroatoms. The number of benzene rings is 1. The van der Waals surface area contributed by atoms with E-state index in [4.69, 9.17) is 0 Å². The number of nitrogens with zero attached hydrogens (tertiary/aromatic N) is 4. The van der Waals surface area contributed by atoms with Crippen LogP contribution in [0.5, 0.6) is 0 Å². The first kappa shape index (κ1) is 23.1. The topological polar surface area (TPSA) is 53.4 Å². The van der Waals surface area contributed by atoms with Gasteiger partial charge in [-0.05, 0) is 86.1 Å². The fraction of sp³-hybridized carbons (Fsp3) is 0.467. The van der Waals surface area contributed by atoms with Gasteiger partial charge in [0.1, 0.15) is 5.82 Å². The Morgan fingerprint density at radius 2 is 1.67 bits per heavy atom. The van der Waals surface area contributed by atoms with Crippen molar-refractivity contribution in [2.24, 2.45) is 0 Å². The lowest BCUT2D eigenvalue weighted by Gasteiger charge is -2.36. The Labute approximate surface area is 214 Å². The average Bonchev–Trinajstić information content (AvgIpc) is 3.58. The Morgan fingerprint density at radius 1 is 0.889 bits per heavy atom. The predicted octanol–water partition coefficient (Wildman–Crippen LogP) is 5.38. The van der Waals surface area contributed by atoms with Crippen LogP contribution in [0.3, 0.4) is 0 Å². The summed E-state index contributed by atoms with van der Waals surface area (Å²) in [6.45, 7) is 4.91. The summed E-state index contributed by atoms with van der Waals surface area (Å²) in [5.41, 5.74) is 6.26. The first-order chi connectivity index (χ1) is 17.7. The van der Waals surface area contributed by atoms with Gasteiger partial charge in [0.25, 0.3) is 0 Å². The van der Waals surface area contributed by atoms with Crippen molar-refractivity contribution in [3.63, 3.8) is 0 Å². The zero-order chi connectivity index (χ0) is 24.3. The molecule has 1 amide bonds. The highest BCUT2D eigenvalue weighted by Gasteiger charge is 2.27. The normalized spacial score (nSPS) is 18.3. The summed E-state index contributed by atoms with van der Waals surface area (Å²) in [7, 11) is 0. The summed E-state index contributed by atoms with van der Waals surface area (Å²) in [6, 6.07) is 16.9. The fourth-order valence-electron chi connectivity index (χ4n) is 6.37. The van der Waals surface area contributed by atoms with Crippen molar-refractivity contribution in [2.45, 2.75) is 63.8 Å². The second-order valence-corrected chi connectivity index (χ2v) is 10.6. The van der Waals surface area contributed by atoms with Gasteiger partial charge in [0.15, 0.2) is 0 Å². The molecule has 2 aromatic heterocycles. The van der Waals surface area contributed by atoms with E-state index in [0.717, 1.165) is 50.6 Å². The maximum absolute atomic E-state index is 13.1. The molecule has 0 bridgehead atoms. The molecule has 1 aliphatic carbocycles. The van der Waals surface area contributed by atoms with Crippen LogP contribution in [-0.4, -0.2) is 41.6 Å². The van der Waals surface area contributed by atoms with E-state index in [0.29, 0.717) is 12.3 Å². The molecular formula is C30H37N5O. The highest BCUT2D eigenvalue weighted by molar-refractivity contribution is 5.92. The van der Waals surface area contributed by atoms with E-state index in [-0.39, 0.29) is 5.91 Å². The number of nitrogens with one attached hydrogen (secondary N) is 1.